The van der Waals surface area contributed by atoms with E-state index in [2.05, 4.69) is 10.3 Å². The van der Waals surface area contributed by atoms with Crippen molar-refractivity contribution in [3.05, 3.63) is 36.5 Å². The molecule has 2 aromatic rings. The number of amides is 1. The predicted octanol–water partition coefficient (Wildman–Crippen LogP) is 2.88. The molecule has 1 heterocycles. The Labute approximate surface area is 123 Å². The van der Waals surface area contributed by atoms with E-state index in [1.807, 2.05) is 37.3 Å². The van der Waals surface area contributed by atoms with Crippen LogP contribution in [-0.4, -0.2) is 15.9 Å². The molecular formula is C15H17N3OS. The highest BCUT2D eigenvalue weighted by molar-refractivity contribution is 7.80. The Morgan fingerprint density at radius 3 is 2.75 bits per heavy atom. The topological polar surface area (TPSA) is 68.0 Å². The molecule has 104 valence electrons. The van der Waals surface area contributed by atoms with E-state index >= 15 is 0 Å². The molecule has 1 amide bonds. The van der Waals surface area contributed by atoms with Gasteiger partial charge in [0.1, 0.15) is 0 Å². The van der Waals surface area contributed by atoms with E-state index in [1.54, 1.807) is 13.1 Å². The van der Waals surface area contributed by atoms with E-state index in [9.17, 15) is 4.79 Å². The average molecular weight is 287 g/mol. The Morgan fingerprint density at radius 1 is 1.40 bits per heavy atom. The highest BCUT2D eigenvalue weighted by atomic mass is 32.1. The second-order valence-electron chi connectivity index (χ2n) is 4.88. The van der Waals surface area contributed by atoms with E-state index in [0.717, 1.165) is 10.9 Å². The number of pyridine rings is 1. The molecule has 0 spiro atoms. The summed E-state index contributed by atoms with van der Waals surface area (Å²) in [5.41, 5.74) is 6.27. The van der Waals surface area contributed by atoms with Crippen molar-refractivity contribution in [2.24, 2.45) is 11.1 Å². The van der Waals surface area contributed by atoms with Gasteiger partial charge in [-0.15, -0.1) is 0 Å². The van der Waals surface area contributed by atoms with Crippen molar-refractivity contribution in [2.45, 2.75) is 20.3 Å². The lowest BCUT2D eigenvalue weighted by atomic mass is 9.86. The van der Waals surface area contributed by atoms with Crippen LogP contribution in [0.1, 0.15) is 20.3 Å². The molecule has 20 heavy (non-hydrogen) atoms. The maximum absolute atomic E-state index is 12.4. The maximum atomic E-state index is 12.4. The van der Waals surface area contributed by atoms with Gasteiger partial charge in [-0.25, -0.2) is 0 Å². The summed E-state index contributed by atoms with van der Waals surface area (Å²) in [6.07, 6.45) is 2.25. The average Bonchev–Trinajstić information content (AvgIpc) is 2.46. The monoisotopic (exact) mass is 287 g/mol. The first-order valence-corrected chi connectivity index (χ1v) is 6.85. The lowest BCUT2D eigenvalue weighted by Crippen LogP contribution is -2.43. The highest BCUT2D eigenvalue weighted by Gasteiger charge is 2.34. The third kappa shape index (κ3) is 2.49. The first-order valence-electron chi connectivity index (χ1n) is 6.44. The van der Waals surface area contributed by atoms with Crippen LogP contribution in [0.5, 0.6) is 0 Å². The number of carbonyl (C=O) groups excluding carboxylic acids is 1. The number of nitrogens with one attached hydrogen (secondary N) is 1. The summed E-state index contributed by atoms with van der Waals surface area (Å²) >= 11 is 5.02. The summed E-state index contributed by atoms with van der Waals surface area (Å²) in [6.45, 7) is 3.64. The number of nitrogens with zero attached hydrogens (tertiary/aromatic N) is 1. The summed E-state index contributed by atoms with van der Waals surface area (Å²) in [6, 6.07) is 9.46. The summed E-state index contributed by atoms with van der Waals surface area (Å²) in [7, 11) is 0. The van der Waals surface area contributed by atoms with Crippen LogP contribution in [0, 0.1) is 5.41 Å². The van der Waals surface area contributed by atoms with Crippen LogP contribution in [0.15, 0.2) is 36.5 Å². The van der Waals surface area contributed by atoms with Crippen LogP contribution >= 0.6 is 12.2 Å². The molecule has 0 saturated heterocycles. The fourth-order valence-corrected chi connectivity index (χ4v) is 2.15. The van der Waals surface area contributed by atoms with Gasteiger partial charge in [0.2, 0.25) is 5.91 Å². The molecule has 1 aromatic carbocycles. The quantitative estimate of drug-likeness (QED) is 0.848. The zero-order valence-corrected chi connectivity index (χ0v) is 12.3. The molecule has 0 aliphatic rings. The summed E-state index contributed by atoms with van der Waals surface area (Å²) < 4.78 is 0. The normalized spacial score (nSPS) is 13.7. The van der Waals surface area contributed by atoms with E-state index in [0.29, 0.717) is 12.1 Å². The molecule has 1 unspecified atom stereocenters. The van der Waals surface area contributed by atoms with Crippen LogP contribution in [-0.2, 0) is 4.79 Å². The van der Waals surface area contributed by atoms with Crippen LogP contribution < -0.4 is 11.1 Å². The van der Waals surface area contributed by atoms with E-state index in [-0.39, 0.29) is 10.9 Å². The third-order valence-electron chi connectivity index (χ3n) is 3.63. The van der Waals surface area contributed by atoms with Crippen molar-refractivity contribution < 1.29 is 4.79 Å². The highest BCUT2D eigenvalue weighted by Crippen LogP contribution is 2.26. The minimum Gasteiger partial charge on any atom is -0.392 e. The fourth-order valence-electron chi connectivity index (χ4n) is 1.91. The number of para-hydroxylation sites is 1. The van der Waals surface area contributed by atoms with Crippen LogP contribution in [0.3, 0.4) is 0 Å². The molecule has 0 aliphatic carbocycles. The van der Waals surface area contributed by atoms with E-state index in [1.165, 1.54) is 0 Å². The van der Waals surface area contributed by atoms with Crippen molar-refractivity contribution in [1.82, 2.24) is 4.98 Å². The van der Waals surface area contributed by atoms with Gasteiger partial charge in [0.25, 0.3) is 0 Å². The number of hydrogen-bond acceptors (Lipinski definition) is 3. The van der Waals surface area contributed by atoms with Gasteiger partial charge < -0.3 is 11.1 Å². The number of hydrogen-bond donors (Lipinski definition) is 2. The molecule has 4 nitrogen and oxygen atoms in total. The Bertz CT molecular complexity index is 666. The van der Waals surface area contributed by atoms with Gasteiger partial charge in [0, 0.05) is 11.6 Å². The van der Waals surface area contributed by atoms with Crippen molar-refractivity contribution in [2.75, 3.05) is 5.32 Å². The molecule has 0 bridgehead atoms. The molecule has 2 rings (SSSR count). The lowest BCUT2D eigenvalue weighted by Gasteiger charge is -2.25. The SMILES string of the molecule is CCC(C)(C(=O)Nc1cccc2cccnc12)C(N)=S. The number of benzene rings is 1. The number of aromatic nitrogens is 1. The van der Waals surface area contributed by atoms with Gasteiger partial charge in [-0.2, -0.15) is 0 Å². The number of rotatable bonds is 4. The minimum absolute atomic E-state index is 0.200. The third-order valence-corrected chi connectivity index (χ3v) is 4.08. The predicted molar refractivity (Wildman–Crippen MR) is 85.6 cm³/mol. The van der Waals surface area contributed by atoms with Crippen molar-refractivity contribution in [3.8, 4) is 0 Å². The van der Waals surface area contributed by atoms with Gasteiger partial charge in [-0.05, 0) is 25.5 Å². The van der Waals surface area contributed by atoms with Gasteiger partial charge in [0.05, 0.1) is 21.6 Å². The van der Waals surface area contributed by atoms with E-state index in [4.69, 9.17) is 18.0 Å². The summed E-state index contributed by atoms with van der Waals surface area (Å²) in [5, 5.41) is 3.86. The second-order valence-corrected chi connectivity index (χ2v) is 5.32. The number of fused-ring (bicyclic) bond motifs is 1. The standard InChI is InChI=1S/C15H17N3OS/c1-3-15(2,13(16)20)14(19)18-11-8-4-6-10-7-5-9-17-12(10)11/h4-9H,3H2,1-2H3,(H2,16,20)(H,18,19). The molecule has 1 aromatic heterocycles. The Morgan fingerprint density at radius 2 is 2.10 bits per heavy atom. The second kappa shape index (κ2) is 5.54. The molecule has 0 aliphatic heterocycles. The Balaban J connectivity index is 2.38. The summed E-state index contributed by atoms with van der Waals surface area (Å²) in [4.78, 5) is 17.0. The van der Waals surface area contributed by atoms with Crippen LogP contribution in [0.4, 0.5) is 5.69 Å². The molecule has 5 heteroatoms. The van der Waals surface area contributed by atoms with Crippen LogP contribution in [0.25, 0.3) is 10.9 Å². The molecular weight excluding hydrogens is 270 g/mol. The zero-order chi connectivity index (χ0) is 14.8. The molecule has 0 radical (unpaired) electrons. The molecule has 0 saturated carbocycles. The van der Waals surface area contributed by atoms with Gasteiger partial charge >= 0.3 is 0 Å². The van der Waals surface area contributed by atoms with Gasteiger partial charge in [-0.3, -0.25) is 9.78 Å². The molecule has 3 N–H and O–H groups in total. The molecule has 0 fully saturated rings. The maximum Gasteiger partial charge on any atom is 0.237 e. The van der Waals surface area contributed by atoms with Crippen LogP contribution in [0.2, 0.25) is 0 Å². The van der Waals surface area contributed by atoms with Gasteiger partial charge in [0.15, 0.2) is 0 Å². The number of thiocarbonyl (C=S) groups is 1. The Kier molecular flexibility index (Phi) is 3.99. The number of carbonyl (C=O) groups is 1. The number of nitrogens with two attached hydrogens (primary N) is 1. The molecule has 1 atom stereocenters. The minimum atomic E-state index is -0.855. The fraction of sp³-hybridized carbons (Fsp3) is 0.267. The first kappa shape index (κ1) is 14.4. The Hall–Kier alpha value is -2.01. The summed E-state index contributed by atoms with van der Waals surface area (Å²) in [5.74, 6) is -0.203. The largest absolute Gasteiger partial charge is 0.392 e. The van der Waals surface area contributed by atoms with E-state index < -0.39 is 5.41 Å². The number of anilines is 1. The van der Waals surface area contributed by atoms with Crippen molar-refractivity contribution in [3.63, 3.8) is 0 Å². The van der Waals surface area contributed by atoms with Crippen molar-refractivity contribution in [1.29, 1.82) is 0 Å². The smallest absolute Gasteiger partial charge is 0.237 e. The van der Waals surface area contributed by atoms with Crippen molar-refractivity contribution >= 4 is 39.7 Å². The first-order chi connectivity index (χ1) is 9.49. The van der Waals surface area contributed by atoms with Gasteiger partial charge in [-0.1, -0.05) is 37.3 Å². The lowest BCUT2D eigenvalue weighted by molar-refractivity contribution is -0.121. The zero-order valence-electron chi connectivity index (χ0n) is 11.5.